The number of rotatable bonds is 5. The van der Waals surface area contributed by atoms with Crippen molar-refractivity contribution in [3.8, 4) is 0 Å². The second-order valence-electron chi connectivity index (χ2n) is 8.70. The molecule has 5 nitrogen and oxygen atoms in total. The summed E-state index contributed by atoms with van der Waals surface area (Å²) < 4.78 is 0. The number of hydrogen-bond donors (Lipinski definition) is 1. The van der Waals surface area contributed by atoms with E-state index in [2.05, 4.69) is 17.6 Å². The van der Waals surface area contributed by atoms with Crippen molar-refractivity contribution >= 4 is 17.5 Å². The van der Waals surface area contributed by atoms with Crippen LogP contribution in [0, 0.1) is 11.3 Å². The average Bonchev–Trinajstić information content (AvgIpc) is 2.73. The molecule has 1 saturated heterocycles. The fourth-order valence-corrected chi connectivity index (χ4v) is 3.61. The van der Waals surface area contributed by atoms with Gasteiger partial charge in [-0.3, -0.25) is 20.0 Å². The van der Waals surface area contributed by atoms with E-state index in [0.29, 0.717) is 32.5 Å². The lowest BCUT2D eigenvalue weighted by atomic mass is 9.91. The summed E-state index contributed by atoms with van der Waals surface area (Å²) in [6, 6.07) is 20.0. The van der Waals surface area contributed by atoms with Crippen LogP contribution in [0.5, 0.6) is 0 Å². The Morgan fingerprint density at radius 1 is 0.966 bits per heavy atom. The molecule has 154 valence electrons. The van der Waals surface area contributed by atoms with E-state index in [1.807, 2.05) is 79.2 Å². The molecule has 0 spiro atoms. The van der Waals surface area contributed by atoms with Crippen molar-refractivity contribution in [2.24, 2.45) is 11.3 Å². The maximum atomic E-state index is 13.0. The van der Waals surface area contributed by atoms with E-state index in [1.165, 1.54) is 0 Å². The Kier molecular flexibility index (Phi) is 6.57. The molecular formula is C24H31N3O2. The summed E-state index contributed by atoms with van der Waals surface area (Å²) in [6.07, 6.45) is 1.39. The van der Waals surface area contributed by atoms with E-state index < -0.39 is 0 Å². The summed E-state index contributed by atoms with van der Waals surface area (Å²) >= 11 is 0. The maximum absolute atomic E-state index is 13.0. The number of carbonyl (C=O) groups is 2. The van der Waals surface area contributed by atoms with Gasteiger partial charge in [-0.25, -0.2) is 0 Å². The third-order valence-electron chi connectivity index (χ3n) is 5.29. The number of hydrazine groups is 1. The Labute approximate surface area is 173 Å². The molecule has 0 aliphatic carbocycles. The van der Waals surface area contributed by atoms with Gasteiger partial charge in [0.25, 0.3) is 0 Å². The first-order chi connectivity index (χ1) is 13.8. The van der Waals surface area contributed by atoms with Gasteiger partial charge in [0.15, 0.2) is 0 Å². The topological polar surface area (TPSA) is 52.7 Å². The number of anilines is 1. The molecule has 5 heteroatoms. The van der Waals surface area contributed by atoms with Gasteiger partial charge in [-0.15, -0.1) is 0 Å². The highest BCUT2D eigenvalue weighted by molar-refractivity contribution is 5.83. The zero-order valence-electron chi connectivity index (χ0n) is 17.6. The van der Waals surface area contributed by atoms with Crippen molar-refractivity contribution in [1.82, 2.24) is 10.3 Å². The number of carbonyl (C=O) groups excluding carboxylic acids is 2. The third kappa shape index (κ3) is 5.59. The smallest absolute Gasteiger partial charge is 0.241 e. The summed E-state index contributed by atoms with van der Waals surface area (Å²) in [5.41, 5.74) is 4.81. The van der Waals surface area contributed by atoms with Crippen LogP contribution in [-0.4, -0.2) is 29.8 Å². The van der Waals surface area contributed by atoms with Crippen LogP contribution in [0.1, 0.15) is 39.2 Å². The predicted molar refractivity (Wildman–Crippen MR) is 116 cm³/mol. The summed E-state index contributed by atoms with van der Waals surface area (Å²) in [7, 11) is 0. The van der Waals surface area contributed by atoms with Gasteiger partial charge in [0.05, 0.1) is 12.2 Å². The first kappa shape index (κ1) is 20.9. The van der Waals surface area contributed by atoms with Crippen molar-refractivity contribution in [3.63, 3.8) is 0 Å². The van der Waals surface area contributed by atoms with Gasteiger partial charge in [-0.05, 0) is 30.5 Å². The lowest BCUT2D eigenvalue weighted by Crippen LogP contribution is -2.49. The van der Waals surface area contributed by atoms with Crippen molar-refractivity contribution < 1.29 is 9.59 Å². The number of hydrogen-bond acceptors (Lipinski definition) is 3. The van der Waals surface area contributed by atoms with Crippen LogP contribution in [0.15, 0.2) is 60.7 Å². The van der Waals surface area contributed by atoms with Gasteiger partial charge in [0.2, 0.25) is 11.8 Å². The van der Waals surface area contributed by atoms with Crippen molar-refractivity contribution in [1.29, 1.82) is 0 Å². The summed E-state index contributed by atoms with van der Waals surface area (Å²) in [6.45, 7) is 7.69. The summed E-state index contributed by atoms with van der Waals surface area (Å²) in [5.74, 6) is 0.0972. The second kappa shape index (κ2) is 9.12. The van der Waals surface area contributed by atoms with Crippen LogP contribution >= 0.6 is 0 Å². The fraction of sp³-hybridized carbons (Fsp3) is 0.417. The van der Waals surface area contributed by atoms with Gasteiger partial charge >= 0.3 is 0 Å². The highest BCUT2D eigenvalue weighted by Crippen LogP contribution is 2.24. The van der Waals surface area contributed by atoms with E-state index >= 15 is 0 Å². The van der Waals surface area contributed by atoms with Gasteiger partial charge in [0.1, 0.15) is 0 Å². The Bertz CT molecular complexity index is 807. The average molecular weight is 394 g/mol. The predicted octanol–water partition coefficient (Wildman–Crippen LogP) is 4.01. The molecule has 3 rings (SSSR count). The van der Waals surface area contributed by atoms with E-state index in [1.54, 1.807) is 0 Å². The molecule has 2 aromatic carbocycles. The van der Waals surface area contributed by atoms with Crippen LogP contribution in [-0.2, 0) is 16.1 Å². The number of likely N-dealkylation sites (tertiary alicyclic amines) is 1. The van der Waals surface area contributed by atoms with Crippen molar-refractivity contribution in [2.45, 2.75) is 40.2 Å². The minimum absolute atomic E-state index is 0.0210. The van der Waals surface area contributed by atoms with Crippen molar-refractivity contribution in [2.75, 3.05) is 18.1 Å². The molecule has 2 aromatic rings. The molecule has 1 fully saturated rings. The van der Waals surface area contributed by atoms with Crippen LogP contribution in [0.3, 0.4) is 0 Å². The lowest BCUT2D eigenvalue weighted by Gasteiger charge is -2.36. The monoisotopic (exact) mass is 393 g/mol. The van der Waals surface area contributed by atoms with Gasteiger partial charge < -0.3 is 4.90 Å². The second-order valence-corrected chi connectivity index (χ2v) is 8.70. The molecule has 0 aromatic heterocycles. The van der Waals surface area contributed by atoms with Gasteiger partial charge in [-0.2, -0.15) is 0 Å². The van der Waals surface area contributed by atoms with Crippen LogP contribution in [0.25, 0.3) is 0 Å². The highest BCUT2D eigenvalue weighted by Gasteiger charge is 2.32. The first-order valence-corrected chi connectivity index (χ1v) is 10.3. The minimum atomic E-state index is -0.380. The molecule has 0 bridgehead atoms. The molecule has 0 saturated carbocycles. The molecule has 1 N–H and O–H groups in total. The zero-order valence-corrected chi connectivity index (χ0v) is 17.6. The molecule has 29 heavy (non-hydrogen) atoms. The molecule has 1 aliphatic heterocycles. The quantitative estimate of drug-likeness (QED) is 0.781. The molecule has 1 aliphatic rings. The molecular weight excluding hydrogens is 362 g/mol. The number of amides is 2. The van der Waals surface area contributed by atoms with E-state index in [0.717, 1.165) is 11.3 Å². The number of nitrogens with zero attached hydrogens (tertiary/aromatic N) is 2. The largest absolute Gasteiger partial charge is 0.342 e. The third-order valence-corrected chi connectivity index (χ3v) is 5.29. The highest BCUT2D eigenvalue weighted by atomic mass is 16.2. The Morgan fingerprint density at radius 3 is 2.07 bits per heavy atom. The van der Waals surface area contributed by atoms with Gasteiger partial charge in [-0.1, -0.05) is 69.3 Å². The molecule has 2 amide bonds. The van der Waals surface area contributed by atoms with E-state index in [4.69, 9.17) is 0 Å². The molecule has 0 atom stereocenters. The SMILES string of the molecule is CC(C)(C)C(=O)N1CCC(C(=O)NN(Cc2ccccc2)c2ccccc2)CC1. The van der Waals surface area contributed by atoms with Crippen LogP contribution in [0.4, 0.5) is 5.69 Å². The molecule has 1 heterocycles. The van der Waals surface area contributed by atoms with Crippen LogP contribution < -0.4 is 10.4 Å². The summed E-state index contributed by atoms with van der Waals surface area (Å²) in [5, 5.41) is 1.91. The summed E-state index contributed by atoms with van der Waals surface area (Å²) in [4.78, 5) is 27.4. The Balaban J connectivity index is 1.64. The first-order valence-electron chi connectivity index (χ1n) is 10.3. The standard InChI is InChI=1S/C24H31N3O2/c1-24(2,3)23(29)26-16-14-20(15-17-26)22(28)25-27(21-12-8-5-9-13-21)18-19-10-6-4-7-11-19/h4-13,20H,14-18H2,1-3H3,(H,25,28). The number of benzene rings is 2. The molecule has 0 radical (unpaired) electrons. The van der Waals surface area contributed by atoms with E-state index in [-0.39, 0.29) is 23.1 Å². The van der Waals surface area contributed by atoms with Crippen LogP contribution in [0.2, 0.25) is 0 Å². The number of para-hydroxylation sites is 1. The zero-order chi connectivity index (χ0) is 20.9. The number of piperidine rings is 1. The maximum Gasteiger partial charge on any atom is 0.241 e. The Hall–Kier alpha value is -2.82. The van der Waals surface area contributed by atoms with Gasteiger partial charge in [0, 0.05) is 24.4 Å². The fourth-order valence-electron chi connectivity index (χ4n) is 3.61. The van der Waals surface area contributed by atoms with Crippen molar-refractivity contribution in [3.05, 3.63) is 66.2 Å². The minimum Gasteiger partial charge on any atom is -0.342 e. The lowest BCUT2D eigenvalue weighted by molar-refractivity contribution is -0.142. The molecule has 0 unspecified atom stereocenters. The number of nitrogens with one attached hydrogen (secondary N) is 1. The van der Waals surface area contributed by atoms with E-state index in [9.17, 15) is 9.59 Å². The normalized spacial score (nSPS) is 15.1. The Morgan fingerprint density at radius 2 is 1.52 bits per heavy atom.